The molecule has 0 aliphatic heterocycles. The predicted molar refractivity (Wildman–Crippen MR) is 126 cm³/mol. The van der Waals surface area contributed by atoms with Gasteiger partial charge in [-0.05, 0) is 44.7 Å². The lowest BCUT2D eigenvalue weighted by atomic mass is 9.76. The van der Waals surface area contributed by atoms with E-state index in [1.807, 2.05) is 6.92 Å². The van der Waals surface area contributed by atoms with Crippen LogP contribution in [0.1, 0.15) is 49.0 Å². The highest BCUT2D eigenvalue weighted by Crippen LogP contribution is 2.35. The first-order valence-electron chi connectivity index (χ1n) is 11.4. The summed E-state index contributed by atoms with van der Waals surface area (Å²) in [5.41, 5.74) is 0.354. The van der Waals surface area contributed by atoms with Crippen LogP contribution < -0.4 is 21.5 Å². The zero-order valence-electron chi connectivity index (χ0n) is 19.3. The van der Waals surface area contributed by atoms with E-state index in [4.69, 9.17) is 4.74 Å². The van der Waals surface area contributed by atoms with E-state index in [0.717, 1.165) is 12.8 Å². The van der Waals surface area contributed by atoms with Gasteiger partial charge in [-0.25, -0.2) is 9.37 Å². The summed E-state index contributed by atoms with van der Waals surface area (Å²) in [5.74, 6) is 0.679. The molecule has 10 nitrogen and oxygen atoms in total. The Bertz CT molecular complexity index is 1300. The minimum atomic E-state index is -0.857. The Morgan fingerprint density at radius 2 is 2.15 bits per heavy atom. The van der Waals surface area contributed by atoms with E-state index in [9.17, 15) is 14.0 Å². The summed E-state index contributed by atoms with van der Waals surface area (Å²) >= 11 is 0. The van der Waals surface area contributed by atoms with Gasteiger partial charge in [0.25, 0.3) is 11.5 Å². The number of carbonyl (C=O) groups excluding carboxylic acids is 1. The van der Waals surface area contributed by atoms with E-state index in [1.165, 1.54) is 10.7 Å². The highest BCUT2D eigenvalue weighted by Gasteiger charge is 2.44. The zero-order valence-corrected chi connectivity index (χ0v) is 19.3. The van der Waals surface area contributed by atoms with Crippen LogP contribution in [-0.4, -0.2) is 57.0 Å². The van der Waals surface area contributed by atoms with Gasteiger partial charge in [0.05, 0.1) is 17.8 Å². The first-order valence-corrected chi connectivity index (χ1v) is 11.4. The van der Waals surface area contributed by atoms with Crippen molar-refractivity contribution in [2.75, 3.05) is 24.8 Å². The fourth-order valence-corrected chi connectivity index (χ4v) is 4.54. The number of nitrogens with one attached hydrogen (secondary N) is 3. The quantitative estimate of drug-likeness (QED) is 0.487. The van der Waals surface area contributed by atoms with Crippen LogP contribution in [0.25, 0.3) is 5.65 Å². The molecular weight excluding hydrogens is 441 g/mol. The molecule has 3 aromatic rings. The largest absolute Gasteiger partial charge is 0.376 e. The van der Waals surface area contributed by atoms with Gasteiger partial charge in [0.1, 0.15) is 29.1 Å². The van der Waals surface area contributed by atoms with Crippen molar-refractivity contribution >= 4 is 28.9 Å². The number of methoxy groups -OCH3 is 1. The Hall–Kier alpha value is -3.47. The minimum absolute atomic E-state index is 0.0942. The molecule has 3 N–H and O–H groups in total. The Morgan fingerprint density at radius 3 is 2.79 bits per heavy atom. The fraction of sp³-hybridized carbons (Fsp3) is 0.478. The third kappa shape index (κ3) is 3.69. The van der Waals surface area contributed by atoms with Crippen molar-refractivity contribution in [2.24, 2.45) is 0 Å². The normalized spacial score (nSPS) is 25.9. The van der Waals surface area contributed by atoms with Crippen LogP contribution in [0.15, 0.2) is 35.4 Å². The molecule has 3 aromatic heterocycles. The molecule has 0 radical (unpaired) electrons. The third-order valence-electron chi connectivity index (χ3n) is 7.10. The number of nitrogens with zero attached hydrogens (tertiary/aromatic N) is 4. The van der Waals surface area contributed by atoms with Gasteiger partial charge in [0.2, 0.25) is 0 Å². The number of anilines is 3. The molecule has 0 spiro atoms. The fourth-order valence-electron chi connectivity index (χ4n) is 4.54. The Kier molecular flexibility index (Phi) is 5.51. The van der Waals surface area contributed by atoms with E-state index in [2.05, 4.69) is 26.0 Å². The molecule has 0 saturated heterocycles. The van der Waals surface area contributed by atoms with Gasteiger partial charge in [-0.1, -0.05) is 0 Å². The number of aromatic nitrogens is 4. The number of rotatable bonds is 7. The van der Waals surface area contributed by atoms with Gasteiger partial charge >= 0.3 is 0 Å². The third-order valence-corrected chi connectivity index (χ3v) is 7.10. The number of pyridine rings is 1. The molecule has 2 aliphatic rings. The number of hydrogen-bond donors (Lipinski definition) is 3. The summed E-state index contributed by atoms with van der Waals surface area (Å²) < 4.78 is 21.9. The van der Waals surface area contributed by atoms with E-state index in [0.29, 0.717) is 41.4 Å². The van der Waals surface area contributed by atoms with Gasteiger partial charge in [-0.15, -0.1) is 0 Å². The zero-order chi connectivity index (χ0) is 24.0. The maximum atomic E-state index is 13.3. The molecule has 0 unspecified atom stereocenters. The topological polar surface area (TPSA) is 115 Å². The van der Waals surface area contributed by atoms with Crippen LogP contribution in [-0.2, 0) is 4.74 Å². The molecule has 2 atom stereocenters. The monoisotopic (exact) mass is 469 g/mol. The number of amides is 1. The Morgan fingerprint density at radius 1 is 1.35 bits per heavy atom. The maximum absolute atomic E-state index is 13.3. The molecular formula is C23H28FN7O3. The molecule has 2 aliphatic carbocycles. The Labute approximate surface area is 195 Å². The number of halogens is 1. The van der Waals surface area contributed by atoms with E-state index in [-0.39, 0.29) is 29.2 Å². The van der Waals surface area contributed by atoms with Crippen molar-refractivity contribution in [1.82, 2.24) is 24.5 Å². The number of carbonyl (C=O) groups is 1. The van der Waals surface area contributed by atoms with Crippen LogP contribution in [0, 0.1) is 0 Å². The molecule has 2 saturated carbocycles. The summed E-state index contributed by atoms with van der Waals surface area (Å²) in [6.45, 7) is 1.97. The molecule has 3 heterocycles. The molecule has 34 heavy (non-hydrogen) atoms. The first kappa shape index (κ1) is 22.3. The predicted octanol–water partition coefficient (Wildman–Crippen LogP) is 2.65. The SMILES string of the molecule is CNc1cc(Nc2cccn([C@H]3C[C@H](F)C3)c2=O)nc2c(C(=O)N[C@@H]3CC[C@@]3(C)OC)cnn12. The summed E-state index contributed by atoms with van der Waals surface area (Å²) in [7, 11) is 3.38. The number of ether oxygens (including phenoxy) is 1. The van der Waals surface area contributed by atoms with Crippen LogP contribution in [0.3, 0.4) is 0 Å². The van der Waals surface area contributed by atoms with Gasteiger partial charge in [-0.3, -0.25) is 9.59 Å². The first-order chi connectivity index (χ1) is 16.3. The lowest BCUT2D eigenvalue weighted by Gasteiger charge is -2.45. The van der Waals surface area contributed by atoms with Crippen LogP contribution in [0.5, 0.6) is 0 Å². The van der Waals surface area contributed by atoms with Crippen LogP contribution in [0.2, 0.25) is 0 Å². The average Bonchev–Trinajstić information content (AvgIpc) is 3.24. The van der Waals surface area contributed by atoms with Crippen LogP contribution in [0.4, 0.5) is 21.7 Å². The average molecular weight is 470 g/mol. The minimum Gasteiger partial charge on any atom is -0.376 e. The van der Waals surface area contributed by atoms with E-state index < -0.39 is 6.17 Å². The lowest BCUT2D eigenvalue weighted by Crippen LogP contribution is -2.59. The van der Waals surface area contributed by atoms with Gasteiger partial charge < -0.3 is 25.3 Å². The van der Waals surface area contributed by atoms with Crippen molar-refractivity contribution in [1.29, 1.82) is 0 Å². The second-order valence-electron chi connectivity index (χ2n) is 9.13. The Balaban J connectivity index is 1.45. The molecule has 0 bridgehead atoms. The van der Waals surface area contributed by atoms with Gasteiger partial charge in [-0.2, -0.15) is 9.61 Å². The summed E-state index contributed by atoms with van der Waals surface area (Å²) in [4.78, 5) is 30.6. The summed E-state index contributed by atoms with van der Waals surface area (Å²) in [6.07, 6.45) is 4.69. The molecule has 1 amide bonds. The van der Waals surface area contributed by atoms with Crippen LogP contribution >= 0.6 is 0 Å². The van der Waals surface area contributed by atoms with Gasteiger partial charge in [0, 0.05) is 32.5 Å². The van der Waals surface area contributed by atoms with E-state index >= 15 is 0 Å². The summed E-state index contributed by atoms with van der Waals surface area (Å²) in [6, 6.07) is 4.87. The van der Waals surface area contributed by atoms with Crippen molar-refractivity contribution in [2.45, 2.75) is 56.5 Å². The standard InChI is InChI=1S/C23H28FN7O3/c1-23(34-3)7-6-17(23)28-21(32)15-12-26-31-19(25-2)11-18(29-20(15)31)27-16-5-4-8-30(22(16)33)14-9-13(24)10-14/h4-5,8,11-14,17,25H,6-7,9-10H2,1-3H3,(H,27,29)(H,28,32)/t13-,14-,17-,23-/m1/s1. The lowest BCUT2D eigenvalue weighted by molar-refractivity contribution is -0.0828. The molecule has 5 rings (SSSR count). The number of alkyl halides is 1. The second kappa shape index (κ2) is 8.39. The highest BCUT2D eigenvalue weighted by molar-refractivity contribution is 6.00. The smallest absolute Gasteiger partial charge is 0.274 e. The second-order valence-corrected chi connectivity index (χ2v) is 9.13. The number of hydrogen-bond acceptors (Lipinski definition) is 7. The molecule has 180 valence electrons. The van der Waals surface area contributed by atoms with Gasteiger partial charge in [0.15, 0.2) is 5.65 Å². The van der Waals surface area contributed by atoms with E-state index in [1.54, 1.807) is 43.1 Å². The highest BCUT2D eigenvalue weighted by atomic mass is 19.1. The molecule has 11 heteroatoms. The maximum Gasteiger partial charge on any atom is 0.274 e. The van der Waals surface area contributed by atoms with Crippen molar-refractivity contribution in [3.05, 3.63) is 46.5 Å². The molecule has 2 fully saturated rings. The van der Waals surface area contributed by atoms with Crippen molar-refractivity contribution < 1.29 is 13.9 Å². The summed E-state index contributed by atoms with van der Waals surface area (Å²) in [5, 5.41) is 13.4. The molecule has 0 aromatic carbocycles. The van der Waals surface area contributed by atoms with Crippen molar-refractivity contribution in [3.63, 3.8) is 0 Å². The number of fused-ring (bicyclic) bond motifs is 1. The van der Waals surface area contributed by atoms with Crippen molar-refractivity contribution in [3.8, 4) is 0 Å².